The van der Waals surface area contributed by atoms with Crippen molar-refractivity contribution in [2.75, 3.05) is 98.5 Å². The number of aliphatic hydroxyl groups excluding tert-OH is 1. The fourth-order valence-corrected chi connectivity index (χ4v) is 4.44. The summed E-state index contributed by atoms with van der Waals surface area (Å²) in [4.78, 5) is 43.0. The summed E-state index contributed by atoms with van der Waals surface area (Å²) in [6.07, 6.45) is 3.09. The number of carboxylic acid groups (broad SMARTS) is 1. The van der Waals surface area contributed by atoms with Gasteiger partial charge in [-0.05, 0) is 25.9 Å². The Morgan fingerprint density at radius 2 is 1.08 bits per heavy atom. The van der Waals surface area contributed by atoms with Crippen molar-refractivity contribution in [2.24, 2.45) is 0 Å². The molecular formula is C25H51N5O7. The molecular weight excluding hydrogens is 482 g/mol. The van der Waals surface area contributed by atoms with Crippen LogP contribution in [-0.4, -0.2) is 158 Å². The van der Waals surface area contributed by atoms with Crippen LogP contribution < -0.4 is 0 Å². The van der Waals surface area contributed by atoms with Crippen molar-refractivity contribution in [1.29, 1.82) is 0 Å². The van der Waals surface area contributed by atoms with E-state index in [1.54, 1.807) is 0 Å². The van der Waals surface area contributed by atoms with Crippen LogP contribution in [0, 0.1) is 0 Å². The molecule has 2 fully saturated rings. The molecule has 0 saturated carbocycles. The van der Waals surface area contributed by atoms with Gasteiger partial charge in [-0.15, -0.1) is 0 Å². The summed E-state index contributed by atoms with van der Waals surface area (Å²) in [5.41, 5.74) is 0. The van der Waals surface area contributed by atoms with E-state index in [4.69, 9.17) is 9.47 Å². The van der Waals surface area contributed by atoms with Crippen LogP contribution in [0.2, 0.25) is 0 Å². The Bertz CT molecular complexity index is 596. The Morgan fingerprint density at radius 3 is 1.49 bits per heavy atom. The van der Waals surface area contributed by atoms with Gasteiger partial charge in [0.25, 0.3) is 12.9 Å². The number of β-amino-alcohol motifs (C(OH)–C–C–N with tert-alkyl or cyclic N) is 1. The maximum absolute atomic E-state index is 11.4. The Kier molecular flexibility index (Phi) is 21.1. The van der Waals surface area contributed by atoms with Crippen molar-refractivity contribution in [3.05, 3.63) is 0 Å². The molecule has 0 radical (unpaired) electrons. The van der Waals surface area contributed by atoms with E-state index in [0.717, 1.165) is 13.1 Å². The van der Waals surface area contributed by atoms with Crippen LogP contribution in [0.3, 0.4) is 0 Å². The van der Waals surface area contributed by atoms with Gasteiger partial charge in [-0.2, -0.15) is 0 Å². The first-order valence-electron chi connectivity index (χ1n) is 13.1. The lowest BCUT2D eigenvalue weighted by atomic mass is 10.1. The molecule has 12 heteroatoms. The zero-order valence-electron chi connectivity index (χ0n) is 22.1. The molecule has 2 saturated heterocycles. The maximum atomic E-state index is 11.4. The number of aliphatic hydroxyl groups is 1. The smallest absolute Gasteiger partial charge is 0.317 e. The van der Waals surface area contributed by atoms with E-state index in [-0.39, 0.29) is 27.4 Å². The summed E-state index contributed by atoms with van der Waals surface area (Å²) in [7, 11) is 0. The Labute approximate surface area is 223 Å². The number of aliphatic carboxylic acids is 1. The highest BCUT2D eigenvalue weighted by atomic mass is 16.5. The molecule has 12 nitrogen and oxygen atoms in total. The van der Waals surface area contributed by atoms with Gasteiger partial charge in [-0.1, -0.05) is 27.7 Å². The quantitative estimate of drug-likeness (QED) is 0.330. The first-order valence-corrected chi connectivity index (χ1v) is 13.1. The molecule has 2 aliphatic heterocycles. The lowest BCUT2D eigenvalue weighted by Gasteiger charge is -2.35. The summed E-state index contributed by atoms with van der Waals surface area (Å²) >= 11 is 0. The third kappa shape index (κ3) is 16.6. The number of likely N-dealkylation sites (tertiary alicyclic amines) is 1. The second kappa shape index (κ2) is 22.2. The van der Waals surface area contributed by atoms with Gasteiger partial charge in [0.1, 0.15) is 13.5 Å². The molecule has 0 bridgehead atoms. The SMILES string of the molecule is C.CC.O=COCN1CCN(COC=O)CCN(CC(O)CN2CCCCC2)CCN(CC(=O)O)CC1. The number of carboxylic acids is 1. The number of nitrogens with zero attached hydrogens (tertiary/aromatic N) is 5. The molecule has 0 aromatic heterocycles. The topological polar surface area (TPSA) is 126 Å². The summed E-state index contributed by atoms with van der Waals surface area (Å²) in [5, 5.41) is 20.1. The first kappa shape index (κ1) is 35.2. The van der Waals surface area contributed by atoms with Gasteiger partial charge in [0.2, 0.25) is 0 Å². The lowest BCUT2D eigenvalue weighted by Crippen LogP contribution is -2.49. The summed E-state index contributed by atoms with van der Waals surface area (Å²) in [6.45, 7) is 12.8. The van der Waals surface area contributed by atoms with Crippen LogP contribution in [0.25, 0.3) is 0 Å². The molecule has 0 aromatic carbocycles. The zero-order chi connectivity index (χ0) is 26.6. The molecule has 0 amide bonds. The van der Waals surface area contributed by atoms with Crippen LogP contribution in [-0.2, 0) is 23.9 Å². The molecule has 2 heterocycles. The number of hydrogen-bond acceptors (Lipinski definition) is 11. The molecule has 37 heavy (non-hydrogen) atoms. The average Bonchev–Trinajstić information content (AvgIpc) is 2.87. The van der Waals surface area contributed by atoms with Crippen LogP contribution >= 0.6 is 0 Å². The molecule has 218 valence electrons. The first-order chi connectivity index (χ1) is 17.5. The standard InChI is InChI=1S/C22H41N5O7.C2H6.CH4/c28-19-33-17-26-10-8-24(15-21(30)14-23-4-2-1-3-5-23)6-7-25(16-22(31)32)9-11-27(13-12-26)18-34-20-29;1-2;/h19-21,30H,1-18H2,(H,31,32);1-2H3;1H4. The van der Waals surface area contributed by atoms with Crippen LogP contribution in [0.4, 0.5) is 0 Å². The maximum Gasteiger partial charge on any atom is 0.317 e. The minimum absolute atomic E-state index is 0. The number of rotatable bonds is 12. The predicted molar refractivity (Wildman–Crippen MR) is 142 cm³/mol. The summed E-state index contributed by atoms with van der Waals surface area (Å²) in [5.74, 6) is -0.892. The van der Waals surface area contributed by atoms with E-state index < -0.39 is 12.1 Å². The third-order valence-corrected chi connectivity index (χ3v) is 6.33. The van der Waals surface area contributed by atoms with Crippen molar-refractivity contribution in [3.8, 4) is 0 Å². The third-order valence-electron chi connectivity index (χ3n) is 6.33. The van der Waals surface area contributed by atoms with E-state index in [0.29, 0.717) is 78.4 Å². The minimum Gasteiger partial charge on any atom is -0.480 e. The van der Waals surface area contributed by atoms with Crippen molar-refractivity contribution in [1.82, 2.24) is 24.5 Å². The fraction of sp³-hybridized carbons (Fsp3) is 0.880. The highest BCUT2D eigenvalue weighted by Crippen LogP contribution is 2.10. The zero-order valence-corrected chi connectivity index (χ0v) is 22.1. The van der Waals surface area contributed by atoms with Gasteiger partial charge in [-0.25, -0.2) is 0 Å². The fourth-order valence-electron chi connectivity index (χ4n) is 4.44. The highest BCUT2D eigenvalue weighted by Gasteiger charge is 2.21. The molecule has 2 aliphatic rings. The van der Waals surface area contributed by atoms with Crippen molar-refractivity contribution >= 4 is 18.9 Å². The molecule has 0 aromatic rings. The number of piperidine rings is 1. The van der Waals surface area contributed by atoms with Crippen molar-refractivity contribution in [3.63, 3.8) is 0 Å². The molecule has 0 aliphatic carbocycles. The van der Waals surface area contributed by atoms with E-state index >= 15 is 0 Å². The molecule has 2 N–H and O–H groups in total. The average molecular weight is 534 g/mol. The second-order valence-electron chi connectivity index (χ2n) is 9.01. The predicted octanol–water partition coefficient (Wildman–Crippen LogP) is 0.0627. The highest BCUT2D eigenvalue weighted by molar-refractivity contribution is 5.69. The number of carbonyl (C=O) groups excluding carboxylic acids is 2. The summed E-state index contributed by atoms with van der Waals surface area (Å²) < 4.78 is 9.90. The minimum atomic E-state index is -0.892. The Balaban J connectivity index is 0.00000421. The molecule has 0 spiro atoms. The van der Waals surface area contributed by atoms with Crippen molar-refractivity contribution < 1.29 is 34.1 Å². The number of ether oxygens (including phenoxy) is 2. The normalized spacial score (nSPS) is 20.6. The second-order valence-corrected chi connectivity index (χ2v) is 9.01. The molecule has 1 unspecified atom stereocenters. The van der Waals surface area contributed by atoms with E-state index in [1.807, 2.05) is 28.5 Å². The van der Waals surface area contributed by atoms with Gasteiger partial charge in [0.15, 0.2) is 0 Å². The Morgan fingerprint density at radius 1 is 0.703 bits per heavy atom. The molecule has 1 atom stereocenters. The van der Waals surface area contributed by atoms with Gasteiger partial charge in [-0.3, -0.25) is 34.0 Å². The largest absolute Gasteiger partial charge is 0.480 e. The van der Waals surface area contributed by atoms with Crippen LogP contribution in [0.15, 0.2) is 0 Å². The van der Waals surface area contributed by atoms with E-state index in [9.17, 15) is 24.6 Å². The van der Waals surface area contributed by atoms with E-state index in [2.05, 4.69) is 9.80 Å². The molecule has 2 rings (SSSR count). The summed E-state index contributed by atoms with van der Waals surface area (Å²) in [6, 6.07) is 0. The van der Waals surface area contributed by atoms with Crippen LogP contribution in [0.1, 0.15) is 40.5 Å². The number of hydrogen-bond donors (Lipinski definition) is 2. The monoisotopic (exact) mass is 533 g/mol. The lowest BCUT2D eigenvalue weighted by molar-refractivity contribution is -0.139. The van der Waals surface area contributed by atoms with Crippen LogP contribution in [0.5, 0.6) is 0 Å². The van der Waals surface area contributed by atoms with Gasteiger partial charge >= 0.3 is 5.97 Å². The number of carbonyl (C=O) groups is 3. The Hall–Kier alpha value is -1.83. The van der Waals surface area contributed by atoms with E-state index in [1.165, 1.54) is 19.3 Å². The van der Waals surface area contributed by atoms with Gasteiger partial charge in [0, 0.05) is 65.4 Å². The van der Waals surface area contributed by atoms with Gasteiger partial charge in [0.05, 0.1) is 12.6 Å². The van der Waals surface area contributed by atoms with Crippen molar-refractivity contribution in [2.45, 2.75) is 46.6 Å². The van der Waals surface area contributed by atoms with Gasteiger partial charge < -0.3 is 24.6 Å².